The van der Waals surface area contributed by atoms with Gasteiger partial charge in [-0.25, -0.2) is 0 Å². The SMILES string of the molecule is Cc1ccccc1[C@H]1CCCC[C@H](O)C1. The van der Waals surface area contributed by atoms with E-state index >= 15 is 0 Å². The van der Waals surface area contributed by atoms with Crippen molar-refractivity contribution in [3.63, 3.8) is 0 Å². The van der Waals surface area contributed by atoms with Gasteiger partial charge in [-0.15, -0.1) is 0 Å². The van der Waals surface area contributed by atoms with Crippen molar-refractivity contribution < 1.29 is 5.11 Å². The van der Waals surface area contributed by atoms with Crippen LogP contribution in [-0.4, -0.2) is 11.2 Å². The van der Waals surface area contributed by atoms with E-state index in [0.717, 1.165) is 12.8 Å². The fourth-order valence-corrected chi connectivity index (χ4v) is 2.66. The van der Waals surface area contributed by atoms with Gasteiger partial charge in [0.25, 0.3) is 0 Å². The Morgan fingerprint density at radius 1 is 1.13 bits per heavy atom. The molecule has 1 aliphatic carbocycles. The number of benzene rings is 1. The van der Waals surface area contributed by atoms with Gasteiger partial charge in [0.15, 0.2) is 0 Å². The molecule has 15 heavy (non-hydrogen) atoms. The number of rotatable bonds is 1. The van der Waals surface area contributed by atoms with Crippen LogP contribution in [0.3, 0.4) is 0 Å². The highest BCUT2D eigenvalue weighted by molar-refractivity contribution is 5.29. The predicted octanol–water partition coefficient (Wildman–Crippen LogP) is 3.40. The summed E-state index contributed by atoms with van der Waals surface area (Å²) in [4.78, 5) is 0. The minimum atomic E-state index is -0.0860. The maximum atomic E-state index is 9.81. The molecule has 2 rings (SSSR count). The molecule has 1 aromatic rings. The fraction of sp³-hybridized carbons (Fsp3) is 0.571. The zero-order valence-corrected chi connectivity index (χ0v) is 9.45. The molecule has 0 aliphatic heterocycles. The second-order valence-electron chi connectivity index (χ2n) is 4.73. The van der Waals surface area contributed by atoms with E-state index in [2.05, 4.69) is 31.2 Å². The smallest absolute Gasteiger partial charge is 0.0546 e. The molecule has 0 heterocycles. The molecule has 0 aromatic heterocycles. The van der Waals surface area contributed by atoms with E-state index in [1.54, 1.807) is 0 Å². The molecule has 0 saturated heterocycles. The predicted molar refractivity (Wildman–Crippen MR) is 63.0 cm³/mol. The monoisotopic (exact) mass is 204 g/mol. The lowest BCUT2D eigenvalue weighted by molar-refractivity contribution is 0.152. The van der Waals surface area contributed by atoms with Crippen molar-refractivity contribution in [1.29, 1.82) is 0 Å². The summed E-state index contributed by atoms with van der Waals surface area (Å²) in [6, 6.07) is 8.59. The first-order valence-electron chi connectivity index (χ1n) is 6.01. The van der Waals surface area contributed by atoms with Crippen LogP contribution in [0.5, 0.6) is 0 Å². The Bertz CT molecular complexity index is 319. The van der Waals surface area contributed by atoms with Crippen LogP contribution in [-0.2, 0) is 0 Å². The standard InChI is InChI=1S/C14H20O/c1-11-6-2-5-9-14(11)12-7-3-4-8-13(15)10-12/h2,5-6,9,12-13,15H,3-4,7-8,10H2,1H3/t12-,13-/m0/s1. The van der Waals surface area contributed by atoms with Gasteiger partial charge in [0.05, 0.1) is 6.10 Å². The molecule has 2 atom stereocenters. The molecular weight excluding hydrogens is 184 g/mol. The summed E-state index contributed by atoms with van der Waals surface area (Å²) in [5.74, 6) is 0.573. The normalized spacial score (nSPS) is 27.3. The summed E-state index contributed by atoms with van der Waals surface area (Å²) < 4.78 is 0. The second kappa shape index (κ2) is 4.80. The van der Waals surface area contributed by atoms with Crippen molar-refractivity contribution in [3.05, 3.63) is 35.4 Å². The van der Waals surface area contributed by atoms with Gasteiger partial charge in [-0.3, -0.25) is 0 Å². The quantitative estimate of drug-likeness (QED) is 0.695. The van der Waals surface area contributed by atoms with Crippen molar-refractivity contribution >= 4 is 0 Å². The average Bonchev–Trinajstić information content (AvgIpc) is 2.43. The highest BCUT2D eigenvalue weighted by Gasteiger charge is 2.20. The van der Waals surface area contributed by atoms with Gasteiger partial charge in [0.1, 0.15) is 0 Å². The van der Waals surface area contributed by atoms with Gasteiger partial charge in [0, 0.05) is 0 Å². The number of aryl methyl sites for hydroxylation is 1. The molecule has 1 aliphatic rings. The van der Waals surface area contributed by atoms with Gasteiger partial charge in [-0.05, 0) is 43.2 Å². The van der Waals surface area contributed by atoms with Crippen LogP contribution < -0.4 is 0 Å². The molecule has 0 unspecified atom stereocenters. The van der Waals surface area contributed by atoms with Crippen molar-refractivity contribution in [1.82, 2.24) is 0 Å². The molecular formula is C14H20O. The lowest BCUT2D eigenvalue weighted by Gasteiger charge is -2.18. The average molecular weight is 204 g/mol. The van der Waals surface area contributed by atoms with Crippen LogP contribution in [0.4, 0.5) is 0 Å². The van der Waals surface area contributed by atoms with Gasteiger partial charge >= 0.3 is 0 Å². The van der Waals surface area contributed by atoms with Crippen molar-refractivity contribution in [3.8, 4) is 0 Å². The lowest BCUT2D eigenvalue weighted by atomic mass is 9.88. The van der Waals surface area contributed by atoms with Crippen LogP contribution in [0.1, 0.15) is 49.1 Å². The van der Waals surface area contributed by atoms with E-state index in [4.69, 9.17) is 0 Å². The minimum Gasteiger partial charge on any atom is -0.393 e. The minimum absolute atomic E-state index is 0.0860. The third-order valence-corrected chi connectivity index (χ3v) is 3.52. The largest absolute Gasteiger partial charge is 0.393 e. The Balaban J connectivity index is 2.18. The lowest BCUT2D eigenvalue weighted by Crippen LogP contribution is -2.10. The van der Waals surface area contributed by atoms with Crippen LogP contribution in [0.15, 0.2) is 24.3 Å². The topological polar surface area (TPSA) is 20.2 Å². The van der Waals surface area contributed by atoms with Crippen molar-refractivity contribution in [2.24, 2.45) is 0 Å². The maximum absolute atomic E-state index is 9.81. The zero-order chi connectivity index (χ0) is 10.7. The second-order valence-corrected chi connectivity index (χ2v) is 4.73. The molecule has 0 spiro atoms. The van der Waals surface area contributed by atoms with Crippen LogP contribution in [0.25, 0.3) is 0 Å². The summed E-state index contributed by atoms with van der Waals surface area (Å²) in [5, 5.41) is 9.81. The molecule has 1 aromatic carbocycles. The van der Waals surface area contributed by atoms with Gasteiger partial charge in [0.2, 0.25) is 0 Å². The number of hydrogen-bond acceptors (Lipinski definition) is 1. The first-order valence-corrected chi connectivity index (χ1v) is 6.01. The van der Waals surface area contributed by atoms with E-state index in [0.29, 0.717) is 5.92 Å². The fourth-order valence-electron chi connectivity index (χ4n) is 2.66. The zero-order valence-electron chi connectivity index (χ0n) is 9.45. The Morgan fingerprint density at radius 2 is 1.87 bits per heavy atom. The third-order valence-electron chi connectivity index (χ3n) is 3.52. The molecule has 0 amide bonds. The first-order chi connectivity index (χ1) is 7.27. The van der Waals surface area contributed by atoms with Crippen LogP contribution in [0, 0.1) is 6.92 Å². The van der Waals surface area contributed by atoms with Gasteiger partial charge < -0.3 is 5.11 Å². The van der Waals surface area contributed by atoms with Crippen molar-refractivity contribution in [2.75, 3.05) is 0 Å². The summed E-state index contributed by atoms with van der Waals surface area (Å²) in [5.41, 5.74) is 2.81. The van der Waals surface area contributed by atoms with E-state index in [-0.39, 0.29) is 6.10 Å². The Labute approximate surface area is 92.1 Å². The van der Waals surface area contributed by atoms with E-state index in [9.17, 15) is 5.11 Å². The molecule has 1 fully saturated rings. The van der Waals surface area contributed by atoms with Gasteiger partial charge in [-0.2, -0.15) is 0 Å². The number of aliphatic hydroxyl groups is 1. The third kappa shape index (κ3) is 2.60. The summed E-state index contributed by atoms with van der Waals surface area (Å²) in [6.07, 6.45) is 5.53. The molecule has 0 radical (unpaired) electrons. The highest BCUT2D eigenvalue weighted by Crippen LogP contribution is 2.33. The molecule has 82 valence electrons. The Morgan fingerprint density at radius 3 is 2.67 bits per heavy atom. The summed E-state index contributed by atoms with van der Waals surface area (Å²) >= 11 is 0. The first kappa shape index (κ1) is 10.7. The number of hydrogen-bond donors (Lipinski definition) is 1. The molecule has 1 saturated carbocycles. The highest BCUT2D eigenvalue weighted by atomic mass is 16.3. The number of aliphatic hydroxyl groups excluding tert-OH is 1. The molecule has 1 N–H and O–H groups in total. The van der Waals surface area contributed by atoms with Gasteiger partial charge in [-0.1, -0.05) is 37.1 Å². The van der Waals surface area contributed by atoms with Crippen LogP contribution >= 0.6 is 0 Å². The Hall–Kier alpha value is -0.820. The van der Waals surface area contributed by atoms with E-state index in [1.165, 1.54) is 30.4 Å². The molecule has 1 nitrogen and oxygen atoms in total. The Kier molecular flexibility index (Phi) is 3.42. The molecule has 1 heteroatoms. The molecule has 0 bridgehead atoms. The maximum Gasteiger partial charge on any atom is 0.0546 e. The summed E-state index contributed by atoms with van der Waals surface area (Å²) in [6.45, 7) is 2.17. The van der Waals surface area contributed by atoms with E-state index < -0.39 is 0 Å². The van der Waals surface area contributed by atoms with Crippen LogP contribution in [0.2, 0.25) is 0 Å². The van der Waals surface area contributed by atoms with E-state index in [1.807, 2.05) is 0 Å². The summed E-state index contributed by atoms with van der Waals surface area (Å²) in [7, 11) is 0. The van der Waals surface area contributed by atoms with Crippen molar-refractivity contribution in [2.45, 2.75) is 51.0 Å².